The largest absolute Gasteiger partial charge is 0.491 e. The summed E-state index contributed by atoms with van der Waals surface area (Å²) in [6.45, 7) is 9.44. The molecule has 0 heterocycles. The quantitative estimate of drug-likeness (QED) is 0.733. The molecule has 0 radical (unpaired) electrons. The minimum Gasteiger partial charge on any atom is -0.491 e. The predicted octanol–water partition coefficient (Wildman–Crippen LogP) is 3.44. The second kappa shape index (κ2) is 9.27. The van der Waals surface area contributed by atoms with Crippen LogP contribution >= 0.6 is 0 Å². The molecule has 4 heteroatoms. The Morgan fingerprint density at radius 3 is 2.71 bits per heavy atom. The predicted molar refractivity (Wildman–Crippen MR) is 87.8 cm³/mol. The zero-order valence-electron chi connectivity index (χ0n) is 13.6. The summed E-state index contributed by atoms with van der Waals surface area (Å²) in [5.41, 5.74) is 0.898. The van der Waals surface area contributed by atoms with Gasteiger partial charge >= 0.3 is 0 Å². The van der Waals surface area contributed by atoms with E-state index in [1.165, 1.54) is 0 Å². The average molecular weight is 292 g/mol. The van der Waals surface area contributed by atoms with Gasteiger partial charge in [0.25, 0.3) is 0 Å². The van der Waals surface area contributed by atoms with Gasteiger partial charge in [-0.25, -0.2) is 0 Å². The lowest BCUT2D eigenvalue weighted by molar-refractivity contribution is -0.119. The second-order valence-electron chi connectivity index (χ2n) is 5.75. The minimum absolute atomic E-state index is 0.0175. The van der Waals surface area contributed by atoms with Crippen LogP contribution in [0.25, 0.3) is 0 Å². The van der Waals surface area contributed by atoms with Gasteiger partial charge < -0.3 is 15.4 Å². The van der Waals surface area contributed by atoms with E-state index in [1.54, 1.807) is 0 Å². The number of rotatable bonds is 9. The van der Waals surface area contributed by atoms with Crippen LogP contribution in [0, 0.1) is 5.92 Å². The monoisotopic (exact) mass is 292 g/mol. The van der Waals surface area contributed by atoms with E-state index in [2.05, 4.69) is 31.4 Å². The molecule has 1 rings (SSSR count). The van der Waals surface area contributed by atoms with Crippen LogP contribution in [0.2, 0.25) is 0 Å². The van der Waals surface area contributed by atoms with Crippen LogP contribution in [0.1, 0.15) is 40.5 Å². The highest BCUT2D eigenvalue weighted by atomic mass is 16.5. The Bertz CT molecular complexity index is 433. The molecule has 1 aromatic rings. The highest BCUT2D eigenvalue weighted by Crippen LogP contribution is 2.18. The van der Waals surface area contributed by atoms with Gasteiger partial charge in [-0.3, -0.25) is 4.79 Å². The van der Waals surface area contributed by atoms with Gasteiger partial charge in [-0.2, -0.15) is 0 Å². The lowest BCUT2D eigenvalue weighted by Crippen LogP contribution is -2.31. The summed E-state index contributed by atoms with van der Waals surface area (Å²) < 4.78 is 5.76. The van der Waals surface area contributed by atoms with E-state index < -0.39 is 0 Å². The number of carbonyl (C=O) groups is 1. The van der Waals surface area contributed by atoms with Gasteiger partial charge in [-0.05, 0) is 37.8 Å². The fourth-order valence-corrected chi connectivity index (χ4v) is 1.74. The Labute approximate surface area is 128 Å². The molecule has 1 amide bonds. The van der Waals surface area contributed by atoms with Gasteiger partial charge in [0.1, 0.15) is 5.75 Å². The van der Waals surface area contributed by atoms with E-state index >= 15 is 0 Å². The molecule has 0 saturated carbocycles. The van der Waals surface area contributed by atoms with Gasteiger partial charge in [-0.1, -0.05) is 26.8 Å². The molecule has 1 aromatic carbocycles. The van der Waals surface area contributed by atoms with E-state index in [9.17, 15) is 4.79 Å². The molecule has 118 valence electrons. The van der Waals surface area contributed by atoms with Gasteiger partial charge in [0, 0.05) is 18.3 Å². The van der Waals surface area contributed by atoms with Crippen molar-refractivity contribution in [1.82, 2.24) is 5.32 Å². The first-order valence-corrected chi connectivity index (χ1v) is 7.78. The standard InChI is InChI=1S/C17H28N2O2/c1-5-14(4)21-16-8-6-7-15(11-16)19-12-17(20)18-10-9-13(2)3/h6-8,11,13-14,19H,5,9-10,12H2,1-4H3,(H,18,20). The Kier molecular flexibility index (Phi) is 7.65. The summed E-state index contributed by atoms with van der Waals surface area (Å²) in [4.78, 5) is 11.7. The van der Waals surface area contributed by atoms with Crippen LogP contribution in [-0.4, -0.2) is 25.1 Å². The van der Waals surface area contributed by atoms with Crippen molar-refractivity contribution >= 4 is 11.6 Å². The SMILES string of the molecule is CCC(C)Oc1cccc(NCC(=O)NCCC(C)C)c1. The highest BCUT2D eigenvalue weighted by molar-refractivity contribution is 5.80. The molecule has 1 unspecified atom stereocenters. The molecule has 2 N–H and O–H groups in total. The molecule has 0 aliphatic carbocycles. The van der Waals surface area contributed by atoms with Crippen LogP contribution in [-0.2, 0) is 4.79 Å². The molecule has 21 heavy (non-hydrogen) atoms. The van der Waals surface area contributed by atoms with Gasteiger partial charge in [-0.15, -0.1) is 0 Å². The molecule has 0 aromatic heterocycles. The number of hydrogen-bond donors (Lipinski definition) is 2. The third-order valence-electron chi connectivity index (χ3n) is 3.24. The number of ether oxygens (including phenoxy) is 1. The van der Waals surface area contributed by atoms with Crippen LogP contribution in [0.5, 0.6) is 5.75 Å². The number of amides is 1. The molecule has 4 nitrogen and oxygen atoms in total. The lowest BCUT2D eigenvalue weighted by Gasteiger charge is -2.14. The van der Waals surface area contributed by atoms with Crippen molar-refractivity contribution < 1.29 is 9.53 Å². The Morgan fingerprint density at radius 1 is 1.29 bits per heavy atom. The maximum Gasteiger partial charge on any atom is 0.239 e. The molecular weight excluding hydrogens is 264 g/mol. The Balaban J connectivity index is 2.37. The van der Waals surface area contributed by atoms with Crippen LogP contribution in [0.4, 0.5) is 5.69 Å². The molecule has 1 atom stereocenters. The second-order valence-corrected chi connectivity index (χ2v) is 5.75. The number of carbonyl (C=O) groups excluding carboxylic acids is 1. The van der Waals surface area contributed by atoms with E-state index in [0.29, 0.717) is 5.92 Å². The molecule has 0 aliphatic rings. The van der Waals surface area contributed by atoms with E-state index in [4.69, 9.17) is 4.74 Å². The fraction of sp³-hybridized carbons (Fsp3) is 0.588. The molecule has 0 spiro atoms. The van der Waals surface area contributed by atoms with Crippen molar-refractivity contribution in [2.75, 3.05) is 18.4 Å². The van der Waals surface area contributed by atoms with Crippen LogP contribution in [0.3, 0.4) is 0 Å². The first-order chi connectivity index (χ1) is 10.0. The smallest absolute Gasteiger partial charge is 0.239 e. The zero-order chi connectivity index (χ0) is 15.7. The van der Waals surface area contributed by atoms with Gasteiger partial charge in [0.15, 0.2) is 0 Å². The summed E-state index contributed by atoms with van der Waals surface area (Å²) in [5.74, 6) is 1.45. The van der Waals surface area contributed by atoms with Crippen molar-refractivity contribution in [1.29, 1.82) is 0 Å². The molecule has 0 fully saturated rings. The number of nitrogens with one attached hydrogen (secondary N) is 2. The van der Waals surface area contributed by atoms with Crippen molar-refractivity contribution in [2.24, 2.45) is 5.92 Å². The lowest BCUT2D eigenvalue weighted by atomic mass is 10.1. The summed E-state index contributed by atoms with van der Waals surface area (Å²) in [6.07, 6.45) is 2.17. The summed E-state index contributed by atoms with van der Waals surface area (Å²) >= 11 is 0. The third-order valence-corrected chi connectivity index (χ3v) is 3.24. The molecule has 0 saturated heterocycles. The van der Waals surface area contributed by atoms with E-state index in [1.807, 2.05) is 31.2 Å². The maximum absolute atomic E-state index is 11.7. The van der Waals surface area contributed by atoms with E-state index in [0.717, 1.165) is 30.8 Å². The van der Waals surface area contributed by atoms with Crippen molar-refractivity contribution in [3.05, 3.63) is 24.3 Å². The molecule has 0 bridgehead atoms. The topological polar surface area (TPSA) is 50.4 Å². The van der Waals surface area contributed by atoms with Gasteiger partial charge in [0.2, 0.25) is 5.91 Å². The first-order valence-electron chi connectivity index (χ1n) is 7.78. The number of anilines is 1. The third kappa shape index (κ3) is 7.59. The van der Waals surface area contributed by atoms with Crippen LogP contribution < -0.4 is 15.4 Å². The maximum atomic E-state index is 11.7. The van der Waals surface area contributed by atoms with Crippen molar-refractivity contribution in [3.8, 4) is 5.75 Å². The van der Waals surface area contributed by atoms with Gasteiger partial charge in [0.05, 0.1) is 12.6 Å². The highest BCUT2D eigenvalue weighted by Gasteiger charge is 2.04. The zero-order valence-corrected chi connectivity index (χ0v) is 13.6. The Morgan fingerprint density at radius 2 is 2.05 bits per heavy atom. The van der Waals surface area contributed by atoms with Crippen LogP contribution in [0.15, 0.2) is 24.3 Å². The number of hydrogen-bond acceptors (Lipinski definition) is 3. The fourth-order valence-electron chi connectivity index (χ4n) is 1.74. The van der Waals surface area contributed by atoms with Crippen molar-refractivity contribution in [3.63, 3.8) is 0 Å². The average Bonchev–Trinajstić information content (AvgIpc) is 2.45. The molecular formula is C17H28N2O2. The van der Waals surface area contributed by atoms with Crippen molar-refractivity contribution in [2.45, 2.75) is 46.6 Å². The molecule has 0 aliphatic heterocycles. The minimum atomic E-state index is 0.0175. The number of benzene rings is 1. The summed E-state index contributed by atoms with van der Waals surface area (Å²) in [7, 11) is 0. The Hall–Kier alpha value is -1.71. The normalized spacial score (nSPS) is 12.0. The van der Waals surface area contributed by atoms with E-state index in [-0.39, 0.29) is 18.6 Å². The first kappa shape index (κ1) is 17.3. The summed E-state index contributed by atoms with van der Waals surface area (Å²) in [6, 6.07) is 7.72. The summed E-state index contributed by atoms with van der Waals surface area (Å²) in [5, 5.41) is 6.03.